The predicted molar refractivity (Wildman–Crippen MR) is 52.5 cm³/mol. The van der Waals surface area contributed by atoms with Crippen LogP contribution in [0.4, 0.5) is 0 Å². The molecule has 1 aliphatic rings. The van der Waals surface area contributed by atoms with Crippen molar-refractivity contribution < 1.29 is 4.79 Å². The minimum atomic E-state index is 0.118. The molecule has 3 nitrogen and oxygen atoms in total. The highest BCUT2D eigenvalue weighted by Gasteiger charge is 2.12. The fourth-order valence-electron chi connectivity index (χ4n) is 1.35. The Labute approximate surface area is 81.0 Å². The van der Waals surface area contributed by atoms with Gasteiger partial charge in [-0.3, -0.25) is 13.2 Å². The summed E-state index contributed by atoms with van der Waals surface area (Å²) in [4.78, 5) is 13.1. The van der Waals surface area contributed by atoms with E-state index in [-0.39, 0.29) is 5.91 Å². The zero-order valence-electron chi connectivity index (χ0n) is 6.48. The smallest absolute Gasteiger partial charge is 0.242 e. The summed E-state index contributed by atoms with van der Waals surface area (Å²) in [6, 6.07) is 0. The van der Waals surface area contributed by atoms with Gasteiger partial charge in [-0.05, 0) is 25.9 Å². The van der Waals surface area contributed by atoms with Crippen LogP contribution in [0.1, 0.15) is 19.3 Å². The highest BCUT2D eigenvalue weighted by atomic mass is 127. The Morgan fingerprint density at radius 3 is 2.55 bits per heavy atom. The molecule has 11 heavy (non-hydrogen) atoms. The van der Waals surface area contributed by atoms with Crippen LogP contribution in [0.3, 0.4) is 0 Å². The van der Waals surface area contributed by atoms with Gasteiger partial charge in [-0.2, -0.15) is 0 Å². The molecule has 4 heteroatoms. The van der Waals surface area contributed by atoms with E-state index in [0.717, 1.165) is 13.1 Å². The number of halogens is 1. The van der Waals surface area contributed by atoms with Gasteiger partial charge in [-0.15, -0.1) is 0 Å². The van der Waals surface area contributed by atoms with E-state index in [1.807, 2.05) is 22.9 Å². The van der Waals surface area contributed by atoms with Crippen LogP contribution in [-0.2, 0) is 4.79 Å². The van der Waals surface area contributed by atoms with Gasteiger partial charge in [-0.1, -0.05) is 6.42 Å². The maximum atomic E-state index is 10.9. The van der Waals surface area contributed by atoms with E-state index in [1.165, 1.54) is 19.3 Å². The number of nitrogens with zero attached hydrogens (tertiary/aromatic N) is 1. The van der Waals surface area contributed by atoms with Crippen LogP contribution in [-0.4, -0.2) is 30.4 Å². The Morgan fingerprint density at radius 1 is 1.36 bits per heavy atom. The Kier molecular flexibility index (Phi) is 4.14. The van der Waals surface area contributed by atoms with Crippen LogP contribution in [0.5, 0.6) is 0 Å². The Balaban J connectivity index is 2.19. The van der Waals surface area contributed by atoms with Gasteiger partial charge in [0, 0.05) is 0 Å². The summed E-state index contributed by atoms with van der Waals surface area (Å²) >= 11 is 1.88. The number of nitrogens with one attached hydrogen (secondary N) is 1. The van der Waals surface area contributed by atoms with E-state index in [1.54, 1.807) is 0 Å². The summed E-state index contributed by atoms with van der Waals surface area (Å²) in [7, 11) is 0. The van der Waals surface area contributed by atoms with Gasteiger partial charge in [0.05, 0.1) is 29.4 Å². The standard InChI is InChI=1S/C7H13IN2O/c8-9-7(11)6-10-4-2-1-3-5-10/h1-6H2,(H,9,11). The monoisotopic (exact) mass is 268 g/mol. The van der Waals surface area contributed by atoms with Gasteiger partial charge in [0.25, 0.3) is 0 Å². The average molecular weight is 268 g/mol. The number of piperidine rings is 1. The van der Waals surface area contributed by atoms with E-state index in [0.29, 0.717) is 6.54 Å². The zero-order chi connectivity index (χ0) is 8.10. The summed E-state index contributed by atoms with van der Waals surface area (Å²) in [5.74, 6) is 0.118. The third-order valence-electron chi connectivity index (χ3n) is 1.92. The Hall–Kier alpha value is 0.160. The lowest BCUT2D eigenvalue weighted by molar-refractivity contribution is -0.120. The molecule has 1 aliphatic heterocycles. The molecule has 1 rings (SSSR count). The molecular weight excluding hydrogens is 255 g/mol. The van der Waals surface area contributed by atoms with Crippen LogP contribution in [0.15, 0.2) is 0 Å². The summed E-state index contributed by atoms with van der Waals surface area (Å²) < 4.78 is 2.60. The number of likely N-dealkylation sites (tertiary alicyclic amines) is 1. The van der Waals surface area contributed by atoms with Crippen LogP contribution < -0.4 is 3.53 Å². The lowest BCUT2D eigenvalue weighted by Crippen LogP contribution is -2.37. The van der Waals surface area contributed by atoms with Crippen LogP contribution in [0.25, 0.3) is 0 Å². The molecule has 0 aromatic rings. The first-order valence-corrected chi connectivity index (χ1v) is 5.02. The molecule has 0 atom stereocenters. The van der Waals surface area contributed by atoms with Crippen molar-refractivity contribution in [1.29, 1.82) is 0 Å². The molecule has 0 spiro atoms. The van der Waals surface area contributed by atoms with Gasteiger partial charge in [0.2, 0.25) is 5.91 Å². The maximum Gasteiger partial charge on any atom is 0.242 e. The Morgan fingerprint density at radius 2 is 2.00 bits per heavy atom. The van der Waals surface area contributed by atoms with Crippen LogP contribution in [0, 0.1) is 0 Å². The summed E-state index contributed by atoms with van der Waals surface area (Å²) in [5.41, 5.74) is 0. The molecule has 1 N–H and O–H groups in total. The highest BCUT2D eigenvalue weighted by Crippen LogP contribution is 2.07. The third kappa shape index (κ3) is 3.37. The molecule has 1 saturated heterocycles. The first-order valence-electron chi connectivity index (χ1n) is 3.95. The molecule has 1 heterocycles. The minimum absolute atomic E-state index is 0.118. The quantitative estimate of drug-likeness (QED) is 0.597. The molecule has 0 saturated carbocycles. The van der Waals surface area contributed by atoms with Gasteiger partial charge in [0.15, 0.2) is 0 Å². The number of carbonyl (C=O) groups is 1. The first-order chi connectivity index (χ1) is 5.33. The fourth-order valence-corrected chi connectivity index (χ4v) is 1.52. The summed E-state index contributed by atoms with van der Waals surface area (Å²) in [6.45, 7) is 2.75. The van der Waals surface area contributed by atoms with E-state index >= 15 is 0 Å². The van der Waals surface area contributed by atoms with E-state index < -0.39 is 0 Å². The van der Waals surface area contributed by atoms with E-state index in [2.05, 4.69) is 8.43 Å². The highest BCUT2D eigenvalue weighted by molar-refractivity contribution is 14.1. The van der Waals surface area contributed by atoms with Gasteiger partial charge >= 0.3 is 0 Å². The van der Waals surface area contributed by atoms with Crippen molar-refractivity contribution >= 4 is 28.8 Å². The van der Waals surface area contributed by atoms with Crippen molar-refractivity contribution in [2.24, 2.45) is 0 Å². The van der Waals surface area contributed by atoms with Crippen molar-refractivity contribution in [2.45, 2.75) is 19.3 Å². The van der Waals surface area contributed by atoms with Crippen LogP contribution >= 0.6 is 22.9 Å². The number of hydrogen-bond donors (Lipinski definition) is 1. The minimum Gasteiger partial charge on any atom is -0.298 e. The molecule has 0 unspecified atom stereocenters. The number of amides is 1. The van der Waals surface area contributed by atoms with E-state index in [9.17, 15) is 4.79 Å². The van der Waals surface area contributed by atoms with Crippen molar-refractivity contribution in [3.63, 3.8) is 0 Å². The number of carbonyl (C=O) groups excluding carboxylic acids is 1. The molecule has 0 aromatic heterocycles. The third-order valence-corrected chi connectivity index (χ3v) is 2.52. The normalized spacial score (nSPS) is 19.7. The second kappa shape index (κ2) is 4.92. The van der Waals surface area contributed by atoms with Crippen molar-refractivity contribution in [3.05, 3.63) is 0 Å². The molecule has 1 amide bonds. The second-order valence-electron chi connectivity index (χ2n) is 2.85. The summed E-state index contributed by atoms with van der Waals surface area (Å²) in [5, 5.41) is 0. The lowest BCUT2D eigenvalue weighted by atomic mass is 10.1. The largest absolute Gasteiger partial charge is 0.298 e. The first kappa shape index (κ1) is 9.25. The van der Waals surface area contributed by atoms with Crippen molar-refractivity contribution in [2.75, 3.05) is 19.6 Å². The molecule has 0 aromatic carbocycles. The zero-order valence-corrected chi connectivity index (χ0v) is 8.63. The summed E-state index contributed by atoms with van der Waals surface area (Å²) in [6.07, 6.45) is 3.81. The second-order valence-corrected chi connectivity index (χ2v) is 3.39. The predicted octanol–water partition coefficient (Wildman–Crippen LogP) is 0.939. The number of rotatable bonds is 2. The molecule has 1 fully saturated rings. The van der Waals surface area contributed by atoms with Crippen molar-refractivity contribution in [1.82, 2.24) is 8.43 Å². The van der Waals surface area contributed by atoms with E-state index in [4.69, 9.17) is 0 Å². The number of hydrogen-bond acceptors (Lipinski definition) is 2. The van der Waals surface area contributed by atoms with Gasteiger partial charge in [-0.25, -0.2) is 0 Å². The topological polar surface area (TPSA) is 32.3 Å². The molecule has 0 aliphatic carbocycles. The Bertz CT molecular complexity index is 134. The molecular formula is C7H13IN2O. The maximum absolute atomic E-state index is 10.9. The molecule has 0 radical (unpaired) electrons. The molecule has 0 bridgehead atoms. The average Bonchev–Trinajstić information content (AvgIpc) is 2.06. The van der Waals surface area contributed by atoms with Gasteiger partial charge in [0.1, 0.15) is 0 Å². The van der Waals surface area contributed by atoms with Crippen LogP contribution in [0.2, 0.25) is 0 Å². The lowest BCUT2D eigenvalue weighted by Gasteiger charge is -2.24. The fraction of sp³-hybridized carbons (Fsp3) is 0.857. The SMILES string of the molecule is O=C(CN1CCCCC1)NI. The molecule has 64 valence electrons. The van der Waals surface area contributed by atoms with Crippen molar-refractivity contribution in [3.8, 4) is 0 Å². The van der Waals surface area contributed by atoms with Gasteiger partial charge < -0.3 is 0 Å².